The van der Waals surface area contributed by atoms with E-state index in [1.807, 2.05) is 5.51 Å². The van der Waals surface area contributed by atoms with Gasteiger partial charge in [0.2, 0.25) is 5.13 Å². The molecule has 104 valence electrons. The molecule has 2 rings (SSSR count). The fourth-order valence-corrected chi connectivity index (χ4v) is 3.43. The van der Waals surface area contributed by atoms with Crippen LogP contribution in [0, 0.1) is 0 Å². The average Bonchev–Trinajstić information content (AvgIpc) is 2.96. The predicted molar refractivity (Wildman–Crippen MR) is 80.1 cm³/mol. The van der Waals surface area contributed by atoms with Crippen LogP contribution in [0.5, 0.6) is 0 Å². The van der Waals surface area contributed by atoms with Crippen molar-refractivity contribution in [3.8, 4) is 9.88 Å². The lowest BCUT2D eigenvalue weighted by Crippen LogP contribution is -2.12. The summed E-state index contributed by atoms with van der Waals surface area (Å²) >= 11 is 3.17. The monoisotopic (exact) mass is 298 g/mol. The van der Waals surface area contributed by atoms with Gasteiger partial charge in [0.25, 0.3) is 0 Å². The number of nitrogens with zero attached hydrogens (tertiary/aromatic N) is 3. The molecule has 0 saturated carbocycles. The van der Waals surface area contributed by atoms with E-state index in [9.17, 15) is 0 Å². The van der Waals surface area contributed by atoms with Gasteiger partial charge < -0.3 is 10.1 Å². The first-order valence-corrected chi connectivity index (χ1v) is 7.72. The maximum atomic E-state index is 4.99. The average molecular weight is 298 g/mol. The summed E-state index contributed by atoms with van der Waals surface area (Å²) in [7, 11) is 1.68. The van der Waals surface area contributed by atoms with Crippen LogP contribution in [-0.2, 0) is 10.2 Å². The van der Waals surface area contributed by atoms with Gasteiger partial charge in [-0.1, -0.05) is 32.1 Å². The van der Waals surface area contributed by atoms with Gasteiger partial charge in [-0.3, -0.25) is 0 Å². The maximum Gasteiger partial charge on any atom is 0.206 e. The molecule has 0 fully saturated rings. The molecule has 7 heteroatoms. The minimum atomic E-state index is 0.0185. The SMILES string of the molecule is COCCNc1nnc(-c2scnc2C(C)(C)C)s1. The molecule has 19 heavy (non-hydrogen) atoms. The Bertz CT molecular complexity index is 530. The number of anilines is 1. The van der Waals surface area contributed by atoms with E-state index >= 15 is 0 Å². The zero-order valence-corrected chi connectivity index (χ0v) is 13.2. The van der Waals surface area contributed by atoms with Crippen LogP contribution in [0.15, 0.2) is 5.51 Å². The van der Waals surface area contributed by atoms with Crippen molar-refractivity contribution >= 4 is 27.8 Å². The molecule has 0 atom stereocenters. The third-order valence-corrected chi connectivity index (χ3v) is 4.34. The van der Waals surface area contributed by atoms with Crippen LogP contribution < -0.4 is 5.32 Å². The summed E-state index contributed by atoms with van der Waals surface area (Å²) in [4.78, 5) is 5.58. The third kappa shape index (κ3) is 3.49. The Hall–Kier alpha value is -1.05. The van der Waals surface area contributed by atoms with Crippen molar-refractivity contribution in [2.24, 2.45) is 0 Å². The first-order chi connectivity index (χ1) is 9.02. The number of hydrogen-bond acceptors (Lipinski definition) is 7. The number of ether oxygens (including phenoxy) is 1. The molecular formula is C12H18N4OS2. The second-order valence-corrected chi connectivity index (χ2v) is 6.94. The third-order valence-electron chi connectivity index (χ3n) is 2.48. The van der Waals surface area contributed by atoms with E-state index in [4.69, 9.17) is 4.74 Å². The Morgan fingerprint density at radius 1 is 1.32 bits per heavy atom. The minimum Gasteiger partial charge on any atom is -0.383 e. The Kier molecular flexibility index (Phi) is 4.49. The molecule has 0 saturated heterocycles. The molecule has 0 bridgehead atoms. The van der Waals surface area contributed by atoms with E-state index in [2.05, 4.69) is 41.3 Å². The first-order valence-electron chi connectivity index (χ1n) is 6.03. The fourth-order valence-electron chi connectivity index (χ4n) is 1.58. The molecule has 0 aromatic carbocycles. The Balaban J connectivity index is 2.17. The van der Waals surface area contributed by atoms with Gasteiger partial charge >= 0.3 is 0 Å². The standard InChI is InChI=1S/C12H18N4OS2/c1-12(2,3)9-8(18-7-14-9)10-15-16-11(19-10)13-5-6-17-4/h7H,5-6H2,1-4H3,(H,13,16). The van der Waals surface area contributed by atoms with Crippen LogP contribution in [0.4, 0.5) is 5.13 Å². The van der Waals surface area contributed by atoms with E-state index in [0.29, 0.717) is 6.61 Å². The zero-order valence-electron chi connectivity index (χ0n) is 11.6. The van der Waals surface area contributed by atoms with E-state index in [0.717, 1.165) is 27.3 Å². The molecule has 0 unspecified atom stereocenters. The van der Waals surface area contributed by atoms with Crippen molar-refractivity contribution in [3.05, 3.63) is 11.2 Å². The fraction of sp³-hybridized carbons (Fsp3) is 0.583. The topological polar surface area (TPSA) is 59.9 Å². The maximum absolute atomic E-state index is 4.99. The van der Waals surface area contributed by atoms with Crippen LogP contribution in [0.2, 0.25) is 0 Å². The van der Waals surface area contributed by atoms with Gasteiger partial charge in [-0.2, -0.15) is 0 Å². The number of aromatic nitrogens is 3. The number of methoxy groups -OCH3 is 1. The van der Waals surface area contributed by atoms with Gasteiger partial charge in [0.1, 0.15) is 0 Å². The molecule has 0 aliphatic rings. The molecule has 0 spiro atoms. The van der Waals surface area contributed by atoms with Crippen LogP contribution >= 0.6 is 22.7 Å². The summed E-state index contributed by atoms with van der Waals surface area (Å²) in [6, 6.07) is 0. The summed E-state index contributed by atoms with van der Waals surface area (Å²) < 4.78 is 4.99. The van der Waals surface area contributed by atoms with Crippen molar-refractivity contribution in [1.29, 1.82) is 0 Å². The summed E-state index contributed by atoms with van der Waals surface area (Å²) in [5.41, 5.74) is 2.97. The van der Waals surface area contributed by atoms with Gasteiger partial charge in [0.05, 0.1) is 22.7 Å². The van der Waals surface area contributed by atoms with Gasteiger partial charge in [0, 0.05) is 19.1 Å². The molecule has 2 heterocycles. The lowest BCUT2D eigenvalue weighted by atomic mass is 9.91. The van der Waals surface area contributed by atoms with Crippen LogP contribution in [0.3, 0.4) is 0 Å². The summed E-state index contributed by atoms with van der Waals surface area (Å²) in [5, 5.41) is 13.3. The quantitative estimate of drug-likeness (QED) is 0.860. The van der Waals surface area contributed by atoms with Gasteiger partial charge in [0.15, 0.2) is 5.01 Å². The molecule has 1 N–H and O–H groups in total. The summed E-state index contributed by atoms with van der Waals surface area (Å²) in [6.45, 7) is 7.86. The molecule has 0 radical (unpaired) electrons. The first kappa shape index (κ1) is 14.4. The largest absolute Gasteiger partial charge is 0.383 e. The van der Waals surface area contributed by atoms with Crippen LogP contribution in [-0.4, -0.2) is 35.4 Å². The Morgan fingerprint density at radius 3 is 2.79 bits per heavy atom. The highest BCUT2D eigenvalue weighted by atomic mass is 32.1. The van der Waals surface area contributed by atoms with E-state index in [1.165, 1.54) is 0 Å². The molecule has 2 aromatic rings. The van der Waals surface area contributed by atoms with Gasteiger partial charge in [-0.05, 0) is 0 Å². The lowest BCUT2D eigenvalue weighted by Gasteiger charge is -2.16. The molecule has 2 aromatic heterocycles. The van der Waals surface area contributed by atoms with Crippen LogP contribution in [0.25, 0.3) is 9.88 Å². The van der Waals surface area contributed by atoms with Crippen molar-refractivity contribution in [2.75, 3.05) is 25.6 Å². The minimum absolute atomic E-state index is 0.0185. The Labute approximate surface area is 121 Å². The van der Waals surface area contributed by atoms with Gasteiger partial charge in [-0.15, -0.1) is 21.5 Å². The predicted octanol–water partition coefficient (Wildman–Crippen LogP) is 3.02. The smallest absolute Gasteiger partial charge is 0.206 e. The van der Waals surface area contributed by atoms with Crippen molar-refractivity contribution < 1.29 is 4.74 Å². The van der Waals surface area contributed by atoms with Crippen molar-refractivity contribution in [1.82, 2.24) is 15.2 Å². The number of hydrogen-bond donors (Lipinski definition) is 1. The van der Waals surface area contributed by atoms with Gasteiger partial charge in [-0.25, -0.2) is 4.98 Å². The highest BCUT2D eigenvalue weighted by molar-refractivity contribution is 7.22. The second kappa shape index (κ2) is 5.94. The number of nitrogens with one attached hydrogen (secondary N) is 1. The Morgan fingerprint density at radius 2 is 2.11 bits per heavy atom. The zero-order chi connectivity index (χ0) is 13.9. The highest BCUT2D eigenvalue weighted by Crippen LogP contribution is 2.37. The number of thiazole rings is 1. The van der Waals surface area contributed by atoms with E-state index < -0.39 is 0 Å². The lowest BCUT2D eigenvalue weighted by molar-refractivity contribution is 0.211. The molecular weight excluding hydrogens is 280 g/mol. The molecule has 0 aliphatic heterocycles. The van der Waals surface area contributed by atoms with E-state index in [1.54, 1.807) is 29.8 Å². The van der Waals surface area contributed by atoms with Crippen molar-refractivity contribution in [3.63, 3.8) is 0 Å². The molecule has 0 amide bonds. The van der Waals surface area contributed by atoms with E-state index in [-0.39, 0.29) is 5.41 Å². The normalized spacial score (nSPS) is 11.8. The highest BCUT2D eigenvalue weighted by Gasteiger charge is 2.23. The molecule has 5 nitrogen and oxygen atoms in total. The summed E-state index contributed by atoms with van der Waals surface area (Å²) in [6.07, 6.45) is 0. The van der Waals surface area contributed by atoms with Crippen molar-refractivity contribution in [2.45, 2.75) is 26.2 Å². The second-order valence-electron chi connectivity index (χ2n) is 5.11. The number of rotatable bonds is 5. The van der Waals surface area contributed by atoms with Crippen LogP contribution in [0.1, 0.15) is 26.5 Å². The molecule has 0 aliphatic carbocycles. The summed E-state index contributed by atoms with van der Waals surface area (Å²) in [5.74, 6) is 0.